The van der Waals surface area contributed by atoms with Crippen LogP contribution in [0.3, 0.4) is 0 Å². The van der Waals surface area contributed by atoms with Crippen molar-refractivity contribution in [2.45, 2.75) is 77.9 Å². The van der Waals surface area contributed by atoms with Crippen LogP contribution in [0.25, 0.3) is 0 Å². The predicted molar refractivity (Wildman–Crippen MR) is 128 cm³/mol. The molecule has 1 saturated carbocycles. The first-order chi connectivity index (χ1) is 14.0. The van der Waals surface area contributed by atoms with Crippen molar-refractivity contribution in [3.8, 4) is 0 Å². The quantitative estimate of drug-likeness (QED) is 0.394. The summed E-state index contributed by atoms with van der Waals surface area (Å²) in [6.45, 7) is 9.17. The van der Waals surface area contributed by atoms with Gasteiger partial charge in [-0.2, -0.15) is 0 Å². The molecule has 1 aromatic rings. The van der Waals surface area contributed by atoms with Crippen molar-refractivity contribution in [2.75, 3.05) is 0 Å². The second-order valence-electron chi connectivity index (χ2n) is 10.0. The fraction of sp³-hybridized carbons (Fsp3) is 0.600. The fourth-order valence-corrected chi connectivity index (χ4v) is 6.23. The van der Waals surface area contributed by atoms with Crippen molar-refractivity contribution in [3.05, 3.63) is 46.1 Å². The van der Waals surface area contributed by atoms with Gasteiger partial charge in [-0.3, -0.25) is 9.59 Å². The molecule has 0 unspecified atom stereocenters. The zero-order valence-electron chi connectivity index (χ0n) is 18.9. The molecule has 1 fully saturated rings. The summed E-state index contributed by atoms with van der Waals surface area (Å²) in [7, 11) is -1.48. The maximum atomic E-state index is 12.6. The van der Waals surface area contributed by atoms with Crippen molar-refractivity contribution < 1.29 is 14.7 Å². The van der Waals surface area contributed by atoms with Gasteiger partial charge in [-0.25, -0.2) is 0 Å². The Hall–Kier alpha value is -1.39. The van der Waals surface area contributed by atoms with E-state index in [1.54, 1.807) is 0 Å². The molecule has 0 radical (unpaired) electrons. The van der Waals surface area contributed by atoms with Crippen LogP contribution >= 0.6 is 11.6 Å². The third-order valence-electron chi connectivity index (χ3n) is 6.15. The third kappa shape index (κ3) is 8.39. The van der Waals surface area contributed by atoms with Crippen LogP contribution in [0.4, 0.5) is 0 Å². The van der Waals surface area contributed by atoms with Crippen LogP contribution in [0.1, 0.15) is 57.4 Å². The van der Waals surface area contributed by atoms with Gasteiger partial charge in [0.05, 0.1) is 14.5 Å². The van der Waals surface area contributed by atoms with Gasteiger partial charge >= 0.3 is 5.97 Å². The molecule has 1 aromatic carbocycles. The number of ketones is 1. The van der Waals surface area contributed by atoms with Crippen LogP contribution in [-0.4, -0.2) is 24.9 Å². The number of hydrogen-bond acceptors (Lipinski definition) is 2. The van der Waals surface area contributed by atoms with Crippen LogP contribution in [0.5, 0.6) is 0 Å². The average molecular weight is 449 g/mol. The number of rotatable bonds is 10. The Labute approximate surface area is 187 Å². The van der Waals surface area contributed by atoms with Gasteiger partial charge in [0, 0.05) is 17.9 Å². The molecule has 2 rings (SSSR count). The van der Waals surface area contributed by atoms with E-state index in [0.29, 0.717) is 30.5 Å². The van der Waals surface area contributed by atoms with Crippen molar-refractivity contribution in [1.29, 1.82) is 0 Å². The summed E-state index contributed by atoms with van der Waals surface area (Å²) in [5, 5.41) is 10.1. The largest absolute Gasteiger partial charge is 0.481 e. The van der Waals surface area contributed by atoms with Gasteiger partial charge in [-0.1, -0.05) is 61.6 Å². The van der Waals surface area contributed by atoms with Gasteiger partial charge in [0.15, 0.2) is 0 Å². The lowest BCUT2D eigenvalue weighted by molar-refractivity contribution is -0.138. The number of aliphatic carboxylic acids is 1. The van der Waals surface area contributed by atoms with E-state index in [0.717, 1.165) is 37.1 Å². The van der Waals surface area contributed by atoms with Gasteiger partial charge in [-0.15, -0.1) is 0 Å². The number of carboxylic acid groups (broad SMARTS) is 1. The van der Waals surface area contributed by atoms with Gasteiger partial charge in [0.1, 0.15) is 5.78 Å². The molecule has 0 heterocycles. The summed E-state index contributed by atoms with van der Waals surface area (Å²) in [5.74, 6) is 0.599. The van der Waals surface area contributed by atoms with E-state index in [1.807, 2.05) is 24.3 Å². The molecule has 3 atom stereocenters. The second-order valence-corrected chi connectivity index (χ2v) is 15.5. The SMILES string of the molecule is C[C@@H]1CC[C@@H](CC(=O)O)/C(=C\[Si](C)(C)C)[C@H]1CCC(=O)CCCc1ccc(Cl)cc1. The van der Waals surface area contributed by atoms with Crippen LogP contribution in [0.2, 0.25) is 24.7 Å². The number of benzene rings is 1. The van der Waals surface area contributed by atoms with Gasteiger partial charge in [0.2, 0.25) is 0 Å². The number of aryl methyl sites for hydroxylation is 1. The molecule has 5 heteroatoms. The van der Waals surface area contributed by atoms with Crippen molar-refractivity contribution >= 4 is 31.4 Å². The minimum Gasteiger partial charge on any atom is -0.481 e. The summed E-state index contributed by atoms with van der Waals surface area (Å²) >= 11 is 5.92. The molecule has 3 nitrogen and oxygen atoms in total. The highest BCUT2D eigenvalue weighted by molar-refractivity contribution is 6.81. The average Bonchev–Trinajstić information content (AvgIpc) is 2.64. The Morgan fingerprint density at radius 3 is 2.40 bits per heavy atom. The second kappa shape index (κ2) is 11.3. The smallest absolute Gasteiger partial charge is 0.303 e. The lowest BCUT2D eigenvalue weighted by Crippen LogP contribution is -2.31. The van der Waals surface area contributed by atoms with Crippen molar-refractivity contribution in [3.63, 3.8) is 0 Å². The Bertz CT molecular complexity index is 749. The fourth-order valence-electron chi connectivity index (χ4n) is 4.65. The summed E-state index contributed by atoms with van der Waals surface area (Å²) in [4.78, 5) is 24.0. The molecule has 0 aromatic heterocycles. The highest BCUT2D eigenvalue weighted by Crippen LogP contribution is 2.43. The first kappa shape index (κ1) is 24.9. The molecule has 1 N–H and O–H groups in total. The molecule has 0 spiro atoms. The molecule has 30 heavy (non-hydrogen) atoms. The first-order valence-electron chi connectivity index (χ1n) is 11.3. The zero-order valence-corrected chi connectivity index (χ0v) is 20.7. The number of allylic oxidation sites excluding steroid dienone is 1. The normalized spacial score (nSPS) is 23.5. The van der Waals surface area contributed by atoms with Crippen LogP contribution < -0.4 is 0 Å². The van der Waals surface area contributed by atoms with E-state index >= 15 is 0 Å². The summed E-state index contributed by atoms with van der Waals surface area (Å²) in [6, 6.07) is 7.82. The number of hydrogen-bond donors (Lipinski definition) is 1. The van der Waals surface area contributed by atoms with E-state index in [9.17, 15) is 14.7 Å². The molecule has 0 saturated heterocycles. The minimum atomic E-state index is -1.48. The van der Waals surface area contributed by atoms with Gasteiger partial charge in [0.25, 0.3) is 0 Å². The van der Waals surface area contributed by atoms with Crippen LogP contribution in [0.15, 0.2) is 35.5 Å². The Morgan fingerprint density at radius 1 is 1.13 bits per heavy atom. The standard InChI is InChI=1S/C25H37ClO3Si/c1-18-8-11-20(16-25(28)29)24(17-30(2,3)4)23(18)15-14-22(27)7-5-6-19-9-12-21(26)13-10-19/h9-10,12-13,17-18,20,23H,5-8,11,14-16H2,1-4H3,(H,28,29)/b24-17+/t18-,20+,23+/m1/s1. The Morgan fingerprint density at radius 2 is 1.80 bits per heavy atom. The molecule has 1 aliphatic carbocycles. The lowest BCUT2D eigenvalue weighted by atomic mass is 9.69. The highest BCUT2D eigenvalue weighted by atomic mass is 35.5. The van der Waals surface area contributed by atoms with Crippen molar-refractivity contribution in [1.82, 2.24) is 0 Å². The summed E-state index contributed by atoms with van der Waals surface area (Å²) < 4.78 is 0. The van der Waals surface area contributed by atoms with E-state index < -0.39 is 14.0 Å². The maximum absolute atomic E-state index is 12.6. The Kier molecular flexibility index (Phi) is 9.36. The van der Waals surface area contributed by atoms with Crippen LogP contribution in [0, 0.1) is 17.8 Å². The molecule has 0 bridgehead atoms. The van der Waals surface area contributed by atoms with Crippen LogP contribution in [-0.2, 0) is 16.0 Å². The van der Waals surface area contributed by atoms with Crippen molar-refractivity contribution in [2.24, 2.45) is 17.8 Å². The molecular weight excluding hydrogens is 412 g/mol. The number of carbonyl (C=O) groups is 2. The van der Waals surface area contributed by atoms with E-state index in [4.69, 9.17) is 11.6 Å². The molecule has 0 aliphatic heterocycles. The summed E-state index contributed by atoms with van der Waals surface area (Å²) in [6.07, 6.45) is 6.03. The third-order valence-corrected chi connectivity index (χ3v) is 7.60. The molecule has 0 amide bonds. The van der Waals surface area contributed by atoms with E-state index in [-0.39, 0.29) is 12.3 Å². The zero-order chi connectivity index (χ0) is 22.3. The molecule has 1 aliphatic rings. The van der Waals surface area contributed by atoms with E-state index in [2.05, 4.69) is 32.3 Å². The van der Waals surface area contributed by atoms with Gasteiger partial charge < -0.3 is 5.11 Å². The number of Topliss-reactive ketones (excluding diaryl/α,β-unsaturated/α-hetero) is 1. The topological polar surface area (TPSA) is 54.4 Å². The minimum absolute atomic E-state index is 0.135. The first-order valence-corrected chi connectivity index (χ1v) is 15.2. The van der Waals surface area contributed by atoms with E-state index in [1.165, 1.54) is 11.1 Å². The lowest BCUT2D eigenvalue weighted by Gasteiger charge is -2.38. The maximum Gasteiger partial charge on any atom is 0.303 e. The van der Waals surface area contributed by atoms with Gasteiger partial charge in [-0.05, 0) is 67.6 Å². The monoisotopic (exact) mass is 448 g/mol. The Balaban J connectivity index is 1.95. The molecular formula is C25H37ClO3Si. The molecule has 166 valence electrons. The number of halogens is 1. The highest BCUT2D eigenvalue weighted by Gasteiger charge is 2.34. The summed E-state index contributed by atoms with van der Waals surface area (Å²) in [5.41, 5.74) is 4.97. The predicted octanol–water partition coefficient (Wildman–Crippen LogP) is 6.95. The number of carbonyl (C=O) groups excluding carboxylic acids is 1. The number of carboxylic acids is 1.